The maximum atomic E-state index is 9.55. The number of hydrogen-bond donors (Lipinski definition) is 2. The molecule has 0 saturated heterocycles. The van der Waals surface area contributed by atoms with Gasteiger partial charge in [0.25, 0.3) is 0 Å². The molecule has 0 aromatic rings. The van der Waals surface area contributed by atoms with Gasteiger partial charge in [0.1, 0.15) is 6.61 Å². The van der Waals surface area contributed by atoms with E-state index in [-0.39, 0.29) is 0 Å². The first kappa shape index (κ1) is 22.4. The Morgan fingerprint density at radius 2 is 1.41 bits per heavy atom. The van der Waals surface area contributed by atoms with Crippen LogP contribution in [0.5, 0.6) is 0 Å². The molecule has 0 saturated carbocycles. The Bertz CT molecular complexity index is 334. The van der Waals surface area contributed by atoms with Gasteiger partial charge in [0.15, 0.2) is 0 Å². The normalized spacial score (nSPS) is 11.0. The first-order valence-corrected chi connectivity index (χ1v) is 7.79. The van der Waals surface area contributed by atoms with E-state index in [4.69, 9.17) is 15.1 Å². The van der Waals surface area contributed by atoms with E-state index in [1.807, 2.05) is 6.92 Å². The maximum Gasteiger partial charge on any atom is 0.328 e. The summed E-state index contributed by atoms with van der Waals surface area (Å²) in [5.74, 6) is -2.51. The van der Waals surface area contributed by atoms with Gasteiger partial charge in [0.2, 0.25) is 0 Å². The third-order valence-corrected chi connectivity index (χ3v) is 2.58. The largest absolute Gasteiger partial charge is 0.478 e. The summed E-state index contributed by atoms with van der Waals surface area (Å²) in [5.41, 5.74) is 1.25. The summed E-state index contributed by atoms with van der Waals surface area (Å²) < 4.78 is 0. The Labute approximate surface area is 132 Å². The van der Waals surface area contributed by atoms with E-state index in [1.54, 1.807) is 0 Å². The van der Waals surface area contributed by atoms with Gasteiger partial charge in [-0.05, 0) is 32.6 Å². The van der Waals surface area contributed by atoms with Gasteiger partial charge in [-0.1, -0.05) is 38.3 Å². The lowest BCUT2D eigenvalue weighted by atomic mass is 10.1. The molecule has 0 aliphatic heterocycles. The fourth-order valence-corrected chi connectivity index (χ4v) is 1.47. The Morgan fingerprint density at radius 1 is 0.909 bits per heavy atom. The molecule has 0 heterocycles. The van der Waals surface area contributed by atoms with Crippen LogP contribution in [0, 0.1) is 0 Å². The molecule has 0 spiro atoms. The zero-order valence-electron chi connectivity index (χ0n) is 13.9. The third-order valence-electron chi connectivity index (χ3n) is 2.58. The molecule has 0 bridgehead atoms. The number of unbranched alkanes of at least 4 members (excludes halogenated alkanes) is 3. The SMILES string of the molecule is CCCCCC(CCCC)=NOCC.O=C(O)/C=C/C(=O)O. The molecule has 6 nitrogen and oxygen atoms in total. The Kier molecular flexibility index (Phi) is 17.5. The lowest BCUT2D eigenvalue weighted by Gasteiger charge is -2.04. The van der Waals surface area contributed by atoms with Crippen LogP contribution in [0.4, 0.5) is 0 Å². The molecule has 128 valence electrons. The van der Waals surface area contributed by atoms with Crippen LogP contribution in [0.1, 0.15) is 65.7 Å². The highest BCUT2D eigenvalue weighted by molar-refractivity contribution is 5.89. The Balaban J connectivity index is 0. The van der Waals surface area contributed by atoms with Gasteiger partial charge < -0.3 is 15.1 Å². The molecular formula is C16H29NO5. The number of carbonyl (C=O) groups is 2. The molecule has 0 unspecified atom stereocenters. The molecule has 0 aliphatic carbocycles. The summed E-state index contributed by atoms with van der Waals surface area (Å²) in [5, 5.41) is 19.8. The van der Waals surface area contributed by atoms with Crippen LogP contribution in [0.15, 0.2) is 17.3 Å². The van der Waals surface area contributed by atoms with E-state index >= 15 is 0 Å². The van der Waals surface area contributed by atoms with Crippen molar-refractivity contribution in [3.8, 4) is 0 Å². The zero-order valence-corrected chi connectivity index (χ0v) is 13.9. The van der Waals surface area contributed by atoms with E-state index in [9.17, 15) is 9.59 Å². The van der Waals surface area contributed by atoms with Crippen LogP contribution in [0.25, 0.3) is 0 Å². The molecule has 6 heteroatoms. The minimum atomic E-state index is -1.26. The minimum Gasteiger partial charge on any atom is -0.478 e. The summed E-state index contributed by atoms with van der Waals surface area (Å²) in [4.78, 5) is 24.2. The van der Waals surface area contributed by atoms with Crippen LogP contribution in [0.2, 0.25) is 0 Å². The van der Waals surface area contributed by atoms with Crippen molar-refractivity contribution >= 4 is 17.7 Å². The van der Waals surface area contributed by atoms with Crippen molar-refractivity contribution < 1.29 is 24.6 Å². The summed E-state index contributed by atoms with van der Waals surface area (Å²) in [6.07, 6.45) is 9.65. The molecule has 0 aromatic heterocycles. The average molecular weight is 315 g/mol. The van der Waals surface area contributed by atoms with Crippen LogP contribution in [0.3, 0.4) is 0 Å². The van der Waals surface area contributed by atoms with Crippen molar-refractivity contribution in [2.75, 3.05) is 6.61 Å². The topological polar surface area (TPSA) is 96.2 Å². The first-order valence-electron chi connectivity index (χ1n) is 7.79. The summed E-state index contributed by atoms with van der Waals surface area (Å²) in [6, 6.07) is 0. The standard InChI is InChI=1S/C12H25NO.C4H4O4/c1-4-7-9-11-12(10-8-5-2)13-14-6-3;5-3(6)1-2-4(7)8/h4-11H2,1-3H3;1-2H,(H,5,6)(H,7,8)/b;2-1+. The van der Waals surface area contributed by atoms with Crippen LogP contribution in [-0.2, 0) is 14.4 Å². The maximum absolute atomic E-state index is 9.55. The van der Waals surface area contributed by atoms with E-state index in [2.05, 4.69) is 19.0 Å². The van der Waals surface area contributed by atoms with Crippen LogP contribution in [-0.4, -0.2) is 34.5 Å². The van der Waals surface area contributed by atoms with Crippen molar-refractivity contribution in [1.29, 1.82) is 0 Å². The smallest absolute Gasteiger partial charge is 0.328 e. The number of aliphatic carboxylic acids is 2. The number of hydrogen-bond acceptors (Lipinski definition) is 4. The van der Waals surface area contributed by atoms with Gasteiger partial charge in [-0.3, -0.25) is 0 Å². The lowest BCUT2D eigenvalue weighted by molar-refractivity contribution is -0.134. The van der Waals surface area contributed by atoms with Crippen molar-refractivity contribution in [3.63, 3.8) is 0 Å². The predicted octanol–water partition coefficient (Wildman–Crippen LogP) is 3.86. The van der Waals surface area contributed by atoms with Gasteiger partial charge in [-0.2, -0.15) is 0 Å². The molecule has 22 heavy (non-hydrogen) atoms. The quantitative estimate of drug-likeness (QED) is 0.261. The van der Waals surface area contributed by atoms with Gasteiger partial charge >= 0.3 is 11.9 Å². The third kappa shape index (κ3) is 20.5. The van der Waals surface area contributed by atoms with Crippen molar-refractivity contribution in [3.05, 3.63) is 12.2 Å². The van der Waals surface area contributed by atoms with E-state index in [0.717, 1.165) is 12.8 Å². The van der Waals surface area contributed by atoms with E-state index in [1.165, 1.54) is 37.8 Å². The predicted molar refractivity (Wildman–Crippen MR) is 87.1 cm³/mol. The summed E-state index contributed by atoms with van der Waals surface area (Å²) in [7, 11) is 0. The number of rotatable bonds is 11. The Morgan fingerprint density at radius 3 is 1.82 bits per heavy atom. The molecule has 0 rings (SSSR count). The van der Waals surface area contributed by atoms with Gasteiger partial charge in [0, 0.05) is 12.2 Å². The molecule has 0 aromatic carbocycles. The van der Waals surface area contributed by atoms with Crippen molar-refractivity contribution in [2.45, 2.75) is 65.7 Å². The molecule has 0 radical (unpaired) electrons. The molecule has 0 fully saturated rings. The number of carboxylic acids is 2. The summed E-state index contributed by atoms with van der Waals surface area (Å²) in [6.45, 7) is 7.10. The van der Waals surface area contributed by atoms with Gasteiger partial charge in [-0.25, -0.2) is 9.59 Å². The lowest BCUT2D eigenvalue weighted by Crippen LogP contribution is -2.00. The monoisotopic (exact) mass is 315 g/mol. The van der Waals surface area contributed by atoms with Gasteiger partial charge in [-0.15, -0.1) is 0 Å². The molecule has 0 atom stereocenters. The number of oxime groups is 1. The highest BCUT2D eigenvalue weighted by Crippen LogP contribution is 2.07. The molecule has 0 amide bonds. The second-order valence-corrected chi connectivity index (χ2v) is 4.65. The molecule has 0 aliphatic rings. The average Bonchev–Trinajstić information content (AvgIpc) is 2.48. The fraction of sp³-hybridized carbons (Fsp3) is 0.688. The van der Waals surface area contributed by atoms with Crippen molar-refractivity contribution in [1.82, 2.24) is 0 Å². The van der Waals surface area contributed by atoms with Crippen LogP contribution >= 0.6 is 0 Å². The second kappa shape index (κ2) is 17.2. The molecule has 2 N–H and O–H groups in total. The second-order valence-electron chi connectivity index (χ2n) is 4.65. The molecular weight excluding hydrogens is 286 g/mol. The van der Waals surface area contributed by atoms with Crippen molar-refractivity contribution in [2.24, 2.45) is 5.16 Å². The number of carboxylic acid groups (broad SMARTS) is 2. The Hall–Kier alpha value is -1.85. The highest BCUT2D eigenvalue weighted by atomic mass is 16.6. The van der Waals surface area contributed by atoms with Crippen LogP contribution < -0.4 is 0 Å². The fourth-order valence-electron chi connectivity index (χ4n) is 1.47. The highest BCUT2D eigenvalue weighted by Gasteiger charge is 1.99. The van der Waals surface area contributed by atoms with E-state index < -0.39 is 11.9 Å². The minimum absolute atomic E-state index is 0.558. The summed E-state index contributed by atoms with van der Waals surface area (Å²) >= 11 is 0. The first-order chi connectivity index (χ1) is 10.5. The van der Waals surface area contributed by atoms with Gasteiger partial charge in [0.05, 0.1) is 5.71 Å². The number of nitrogens with zero attached hydrogens (tertiary/aromatic N) is 1. The zero-order chi connectivity index (χ0) is 17.2. The van der Waals surface area contributed by atoms with E-state index in [0.29, 0.717) is 18.8 Å².